The Labute approximate surface area is 138 Å². The van der Waals surface area contributed by atoms with Gasteiger partial charge >= 0.3 is 0 Å². The lowest BCUT2D eigenvalue weighted by molar-refractivity contribution is -0.122. The number of rotatable bonds is 6. The summed E-state index contributed by atoms with van der Waals surface area (Å²) in [5.74, 6) is 0.995. The summed E-state index contributed by atoms with van der Waals surface area (Å²) in [6, 6.07) is 1.98. The number of nitrogens with one attached hydrogen (secondary N) is 1. The minimum absolute atomic E-state index is 0.0353. The number of thiophene rings is 1. The third-order valence-electron chi connectivity index (χ3n) is 4.59. The van der Waals surface area contributed by atoms with Crippen LogP contribution in [-0.4, -0.2) is 33.8 Å². The van der Waals surface area contributed by atoms with Crippen LogP contribution in [-0.2, 0) is 11.2 Å². The van der Waals surface area contributed by atoms with Crippen LogP contribution in [0, 0.1) is 5.41 Å². The average molecular weight is 335 g/mol. The molecular formula is C16H21N3O3S. The first-order chi connectivity index (χ1) is 11.1. The van der Waals surface area contributed by atoms with Gasteiger partial charge < -0.3 is 14.9 Å². The molecule has 0 saturated heterocycles. The van der Waals surface area contributed by atoms with E-state index in [2.05, 4.69) is 15.5 Å². The summed E-state index contributed by atoms with van der Waals surface area (Å²) < 4.78 is 5.19. The van der Waals surface area contributed by atoms with Crippen LogP contribution in [0.4, 0.5) is 0 Å². The van der Waals surface area contributed by atoms with Crippen LogP contribution in [0.3, 0.4) is 0 Å². The van der Waals surface area contributed by atoms with E-state index in [1.54, 1.807) is 11.3 Å². The molecule has 0 aliphatic heterocycles. The maximum atomic E-state index is 12.1. The largest absolute Gasteiger partial charge is 0.396 e. The van der Waals surface area contributed by atoms with Crippen LogP contribution >= 0.6 is 11.3 Å². The predicted molar refractivity (Wildman–Crippen MR) is 86.9 cm³/mol. The van der Waals surface area contributed by atoms with Crippen molar-refractivity contribution in [2.24, 2.45) is 5.41 Å². The number of hydrogen-bond acceptors (Lipinski definition) is 6. The molecule has 1 aliphatic rings. The lowest BCUT2D eigenvalue weighted by Crippen LogP contribution is -2.44. The highest BCUT2D eigenvalue weighted by molar-refractivity contribution is 7.08. The number of aliphatic hydroxyl groups excluding tert-OH is 1. The maximum absolute atomic E-state index is 12.1. The van der Waals surface area contributed by atoms with E-state index in [1.165, 1.54) is 0 Å². The Balaban J connectivity index is 1.51. The summed E-state index contributed by atoms with van der Waals surface area (Å²) in [4.78, 5) is 16.4. The minimum atomic E-state index is -0.202. The van der Waals surface area contributed by atoms with Crippen molar-refractivity contribution in [3.63, 3.8) is 0 Å². The molecule has 0 radical (unpaired) electrons. The molecule has 1 saturated carbocycles. The highest BCUT2D eigenvalue weighted by Gasteiger charge is 2.38. The van der Waals surface area contributed by atoms with E-state index in [-0.39, 0.29) is 24.0 Å². The predicted octanol–water partition coefficient (Wildman–Crippen LogP) is 2.40. The summed E-state index contributed by atoms with van der Waals surface area (Å²) in [5, 5.41) is 20.4. The van der Waals surface area contributed by atoms with Gasteiger partial charge in [-0.25, -0.2) is 0 Å². The van der Waals surface area contributed by atoms with Crippen LogP contribution in [0.2, 0.25) is 0 Å². The first-order valence-corrected chi connectivity index (χ1v) is 8.80. The first kappa shape index (κ1) is 16.1. The second kappa shape index (κ2) is 6.80. The summed E-state index contributed by atoms with van der Waals surface area (Å²) in [6.07, 6.45) is 3.64. The molecule has 2 N–H and O–H groups in total. The number of aromatic nitrogens is 2. The number of aliphatic hydroxyl groups is 1. The second-order valence-electron chi connectivity index (χ2n) is 6.35. The van der Waals surface area contributed by atoms with Crippen LogP contribution < -0.4 is 5.32 Å². The Morgan fingerprint density at radius 2 is 2.48 bits per heavy atom. The van der Waals surface area contributed by atoms with Crippen molar-refractivity contribution in [1.82, 2.24) is 15.5 Å². The third-order valence-corrected chi connectivity index (χ3v) is 5.27. The van der Waals surface area contributed by atoms with Gasteiger partial charge in [-0.15, -0.1) is 0 Å². The van der Waals surface area contributed by atoms with Gasteiger partial charge in [0, 0.05) is 35.2 Å². The van der Waals surface area contributed by atoms with Crippen molar-refractivity contribution < 1.29 is 14.4 Å². The summed E-state index contributed by atoms with van der Waals surface area (Å²) in [6.45, 7) is 2.13. The normalized spacial score (nSPS) is 24.0. The van der Waals surface area contributed by atoms with E-state index in [0.29, 0.717) is 24.6 Å². The Morgan fingerprint density at radius 3 is 3.22 bits per heavy atom. The van der Waals surface area contributed by atoms with Gasteiger partial charge in [0.2, 0.25) is 17.6 Å². The van der Waals surface area contributed by atoms with Crippen molar-refractivity contribution in [3.8, 4) is 11.4 Å². The van der Waals surface area contributed by atoms with E-state index < -0.39 is 0 Å². The molecule has 2 atom stereocenters. The molecule has 23 heavy (non-hydrogen) atoms. The number of hydrogen-bond donors (Lipinski definition) is 2. The van der Waals surface area contributed by atoms with Gasteiger partial charge in [0.1, 0.15) is 0 Å². The molecule has 7 heteroatoms. The second-order valence-corrected chi connectivity index (χ2v) is 7.13. The third kappa shape index (κ3) is 3.61. The van der Waals surface area contributed by atoms with Crippen molar-refractivity contribution in [2.75, 3.05) is 6.61 Å². The number of aryl methyl sites for hydroxylation is 1. The van der Waals surface area contributed by atoms with Gasteiger partial charge in [-0.1, -0.05) is 18.5 Å². The zero-order valence-corrected chi connectivity index (χ0v) is 13.9. The Morgan fingerprint density at radius 1 is 1.61 bits per heavy atom. The Kier molecular flexibility index (Phi) is 4.77. The lowest BCUT2D eigenvalue weighted by Gasteiger charge is -2.30. The van der Waals surface area contributed by atoms with Crippen LogP contribution in [0.25, 0.3) is 11.4 Å². The molecule has 6 nitrogen and oxygen atoms in total. The number of amides is 1. The Hall–Kier alpha value is -1.73. The molecule has 1 amide bonds. The molecule has 3 rings (SSSR count). The SMILES string of the molecule is CC1(CO)CCCC1NC(=O)CCc1nc(-c2ccsc2)no1. The minimum Gasteiger partial charge on any atom is -0.396 e. The van der Waals surface area contributed by atoms with E-state index in [9.17, 15) is 9.90 Å². The smallest absolute Gasteiger partial charge is 0.227 e. The van der Waals surface area contributed by atoms with Crippen molar-refractivity contribution in [3.05, 3.63) is 22.7 Å². The van der Waals surface area contributed by atoms with Crippen LogP contribution in [0.1, 0.15) is 38.5 Å². The topological polar surface area (TPSA) is 88.2 Å². The summed E-state index contributed by atoms with van der Waals surface area (Å²) >= 11 is 1.58. The Bertz CT molecular complexity index is 655. The fourth-order valence-corrected chi connectivity index (χ4v) is 3.66. The number of carbonyl (C=O) groups is 1. The van der Waals surface area contributed by atoms with Crippen LogP contribution in [0.15, 0.2) is 21.3 Å². The van der Waals surface area contributed by atoms with Crippen LogP contribution in [0.5, 0.6) is 0 Å². The fraction of sp³-hybridized carbons (Fsp3) is 0.562. The van der Waals surface area contributed by atoms with Gasteiger partial charge in [-0.2, -0.15) is 16.3 Å². The van der Waals surface area contributed by atoms with Gasteiger partial charge in [-0.05, 0) is 24.3 Å². The maximum Gasteiger partial charge on any atom is 0.227 e. The average Bonchev–Trinajstić information content (AvgIpc) is 3.26. The number of carbonyl (C=O) groups excluding carboxylic acids is 1. The molecule has 0 aromatic carbocycles. The monoisotopic (exact) mass is 335 g/mol. The first-order valence-electron chi connectivity index (χ1n) is 7.86. The van der Waals surface area contributed by atoms with Crippen molar-refractivity contribution in [1.29, 1.82) is 0 Å². The van der Waals surface area contributed by atoms with Gasteiger partial charge in [0.25, 0.3) is 0 Å². The highest BCUT2D eigenvalue weighted by atomic mass is 32.1. The molecule has 124 valence electrons. The zero-order valence-electron chi connectivity index (χ0n) is 13.1. The zero-order chi connectivity index (χ0) is 16.3. The van der Waals surface area contributed by atoms with Gasteiger partial charge in [0.05, 0.1) is 6.61 Å². The van der Waals surface area contributed by atoms with Gasteiger partial charge in [-0.3, -0.25) is 4.79 Å². The van der Waals surface area contributed by atoms with Crippen molar-refractivity contribution >= 4 is 17.2 Å². The fourth-order valence-electron chi connectivity index (χ4n) is 3.02. The molecule has 0 spiro atoms. The quantitative estimate of drug-likeness (QED) is 0.846. The molecule has 1 aliphatic carbocycles. The van der Waals surface area contributed by atoms with Gasteiger partial charge in [0.15, 0.2) is 0 Å². The van der Waals surface area contributed by atoms with E-state index >= 15 is 0 Å². The lowest BCUT2D eigenvalue weighted by atomic mass is 9.86. The summed E-state index contributed by atoms with van der Waals surface area (Å²) in [7, 11) is 0. The van der Waals surface area contributed by atoms with E-state index in [1.807, 2.05) is 23.8 Å². The molecule has 0 bridgehead atoms. The standard InChI is InChI=1S/C16H21N3O3S/c1-16(10-20)7-2-3-12(16)17-13(21)4-5-14-18-15(19-22-14)11-6-8-23-9-11/h6,8-9,12,20H,2-5,7,10H2,1H3,(H,17,21). The summed E-state index contributed by atoms with van der Waals surface area (Å²) in [5.41, 5.74) is 0.728. The molecule has 2 aromatic rings. The molecule has 2 unspecified atom stereocenters. The van der Waals surface area contributed by atoms with Crippen molar-refractivity contribution in [2.45, 2.75) is 45.1 Å². The molecule has 2 heterocycles. The highest BCUT2D eigenvalue weighted by Crippen LogP contribution is 2.37. The molecule has 2 aromatic heterocycles. The molecule has 1 fully saturated rings. The number of nitrogens with zero attached hydrogens (tertiary/aromatic N) is 2. The molecular weight excluding hydrogens is 314 g/mol. The van der Waals surface area contributed by atoms with E-state index in [4.69, 9.17) is 4.52 Å². The van der Waals surface area contributed by atoms with E-state index in [0.717, 1.165) is 24.8 Å².